The predicted molar refractivity (Wildman–Crippen MR) is 118 cm³/mol. The smallest absolute Gasteiger partial charge is 0.127 e. The normalized spacial score (nSPS) is 27.8. The third kappa shape index (κ3) is 6.10. The molecule has 1 aromatic carbocycles. The summed E-state index contributed by atoms with van der Waals surface area (Å²) in [6.45, 7) is 4.40. The van der Waals surface area contributed by atoms with E-state index in [1.807, 2.05) is 12.1 Å². The van der Waals surface area contributed by atoms with E-state index in [0.717, 1.165) is 41.7 Å². The van der Waals surface area contributed by atoms with Crippen molar-refractivity contribution < 1.29 is 4.39 Å². The quantitative estimate of drug-likeness (QED) is 0.438. The van der Waals surface area contributed by atoms with Gasteiger partial charge in [0.15, 0.2) is 0 Å². The van der Waals surface area contributed by atoms with Gasteiger partial charge in [0.1, 0.15) is 5.82 Å². The van der Waals surface area contributed by atoms with Crippen LogP contribution in [0.3, 0.4) is 0 Å². The Morgan fingerprint density at radius 3 is 2.18 bits per heavy atom. The Labute approximate surface area is 172 Å². The lowest BCUT2D eigenvalue weighted by molar-refractivity contribution is 0.153. The van der Waals surface area contributed by atoms with Gasteiger partial charge in [-0.05, 0) is 80.4 Å². The van der Waals surface area contributed by atoms with Crippen LogP contribution >= 0.6 is 0 Å². The standard InChI is InChI=1S/C27H39F/c1-3-5-7-21-10-15-24(16-11-21)25-17-12-22(13-18-25)8-9-23-14-19-26(6-4-2)27(28)20-23/h14,19-22,24-25H,3-7,10-13,15-18H2,1-2H3. The number of benzene rings is 1. The summed E-state index contributed by atoms with van der Waals surface area (Å²) in [5.41, 5.74) is 1.66. The zero-order valence-corrected chi connectivity index (χ0v) is 18.1. The monoisotopic (exact) mass is 382 g/mol. The first-order chi connectivity index (χ1) is 13.7. The zero-order valence-electron chi connectivity index (χ0n) is 18.1. The van der Waals surface area contributed by atoms with Gasteiger partial charge in [-0.1, -0.05) is 70.3 Å². The van der Waals surface area contributed by atoms with Crippen LogP contribution < -0.4 is 0 Å². The topological polar surface area (TPSA) is 0 Å². The van der Waals surface area contributed by atoms with Crippen molar-refractivity contribution in [2.45, 2.75) is 97.3 Å². The summed E-state index contributed by atoms with van der Waals surface area (Å²) in [5, 5.41) is 0. The molecule has 0 aliphatic heterocycles. The molecule has 154 valence electrons. The molecule has 2 aliphatic carbocycles. The maximum atomic E-state index is 14.1. The average Bonchev–Trinajstić information content (AvgIpc) is 2.73. The van der Waals surface area contributed by atoms with Crippen molar-refractivity contribution in [2.75, 3.05) is 0 Å². The highest BCUT2D eigenvalue weighted by Gasteiger charge is 2.30. The van der Waals surface area contributed by atoms with Gasteiger partial charge in [0.05, 0.1) is 0 Å². The molecule has 2 fully saturated rings. The van der Waals surface area contributed by atoms with Gasteiger partial charge in [0.25, 0.3) is 0 Å². The minimum atomic E-state index is -0.0908. The predicted octanol–water partition coefficient (Wildman–Crippen LogP) is 7.93. The number of halogens is 1. The van der Waals surface area contributed by atoms with Crippen LogP contribution in [0.1, 0.15) is 102 Å². The van der Waals surface area contributed by atoms with Gasteiger partial charge < -0.3 is 0 Å². The summed E-state index contributed by atoms with van der Waals surface area (Å²) in [5.74, 6) is 10.1. The third-order valence-corrected chi connectivity index (χ3v) is 7.29. The Bertz CT molecular complexity index is 649. The molecule has 3 rings (SSSR count). The number of hydrogen-bond acceptors (Lipinski definition) is 0. The van der Waals surface area contributed by atoms with Crippen LogP contribution in [0.25, 0.3) is 0 Å². The molecule has 0 heterocycles. The lowest BCUT2D eigenvalue weighted by Crippen LogP contribution is -2.25. The summed E-state index contributed by atoms with van der Waals surface area (Å²) in [6.07, 6.45) is 17.1. The first-order valence-corrected chi connectivity index (χ1v) is 12.0. The highest BCUT2D eigenvalue weighted by molar-refractivity contribution is 5.37. The molecule has 2 saturated carbocycles. The van der Waals surface area contributed by atoms with E-state index in [4.69, 9.17) is 0 Å². The average molecular weight is 383 g/mol. The molecule has 0 spiro atoms. The second-order valence-corrected chi connectivity index (χ2v) is 9.36. The van der Waals surface area contributed by atoms with Crippen molar-refractivity contribution in [3.63, 3.8) is 0 Å². The summed E-state index contributed by atoms with van der Waals surface area (Å²) in [6, 6.07) is 5.53. The molecule has 0 saturated heterocycles. The van der Waals surface area contributed by atoms with Crippen LogP contribution in [0.15, 0.2) is 18.2 Å². The molecule has 1 heteroatoms. The van der Waals surface area contributed by atoms with E-state index >= 15 is 0 Å². The van der Waals surface area contributed by atoms with Crippen LogP contribution in [-0.4, -0.2) is 0 Å². The van der Waals surface area contributed by atoms with E-state index in [2.05, 4.69) is 25.7 Å². The second kappa shape index (κ2) is 11.0. The molecule has 2 aliphatic rings. The first kappa shape index (κ1) is 21.4. The first-order valence-electron chi connectivity index (χ1n) is 12.0. The third-order valence-electron chi connectivity index (χ3n) is 7.29. The van der Waals surface area contributed by atoms with Crippen LogP contribution in [0.4, 0.5) is 4.39 Å². The fourth-order valence-corrected chi connectivity index (χ4v) is 5.46. The van der Waals surface area contributed by atoms with Gasteiger partial charge in [0, 0.05) is 11.5 Å². The fraction of sp³-hybridized carbons (Fsp3) is 0.704. The molecule has 0 atom stereocenters. The summed E-state index contributed by atoms with van der Waals surface area (Å²) < 4.78 is 14.1. The van der Waals surface area contributed by atoms with E-state index in [9.17, 15) is 4.39 Å². The van der Waals surface area contributed by atoms with Crippen LogP contribution in [0, 0.1) is 41.3 Å². The Hall–Kier alpha value is -1.29. The Morgan fingerprint density at radius 1 is 0.893 bits per heavy atom. The minimum absolute atomic E-state index is 0.0908. The van der Waals surface area contributed by atoms with Crippen molar-refractivity contribution in [1.29, 1.82) is 0 Å². The molecule has 0 aromatic heterocycles. The molecular weight excluding hydrogens is 343 g/mol. The van der Waals surface area contributed by atoms with Crippen molar-refractivity contribution in [2.24, 2.45) is 23.7 Å². The fourth-order valence-electron chi connectivity index (χ4n) is 5.46. The molecule has 0 bridgehead atoms. The van der Waals surface area contributed by atoms with Gasteiger partial charge >= 0.3 is 0 Å². The SMILES string of the molecule is CCCCC1CCC(C2CCC(C#Cc3ccc(CCC)c(F)c3)CC2)CC1. The van der Waals surface area contributed by atoms with E-state index in [-0.39, 0.29) is 5.82 Å². The summed E-state index contributed by atoms with van der Waals surface area (Å²) >= 11 is 0. The molecule has 0 nitrogen and oxygen atoms in total. The molecule has 1 aromatic rings. The van der Waals surface area contributed by atoms with E-state index in [1.54, 1.807) is 6.07 Å². The highest BCUT2D eigenvalue weighted by Crippen LogP contribution is 2.42. The van der Waals surface area contributed by atoms with Crippen molar-refractivity contribution in [1.82, 2.24) is 0 Å². The van der Waals surface area contributed by atoms with Gasteiger partial charge in [-0.2, -0.15) is 0 Å². The van der Waals surface area contributed by atoms with E-state index < -0.39 is 0 Å². The van der Waals surface area contributed by atoms with Crippen molar-refractivity contribution >= 4 is 0 Å². The highest BCUT2D eigenvalue weighted by atomic mass is 19.1. The lowest BCUT2D eigenvalue weighted by atomic mass is 9.69. The van der Waals surface area contributed by atoms with Crippen LogP contribution in [0.2, 0.25) is 0 Å². The largest absolute Gasteiger partial charge is 0.207 e. The molecule has 0 N–H and O–H groups in total. The van der Waals surface area contributed by atoms with E-state index in [0.29, 0.717) is 5.92 Å². The zero-order chi connectivity index (χ0) is 19.8. The molecule has 0 amide bonds. The van der Waals surface area contributed by atoms with Crippen LogP contribution in [0.5, 0.6) is 0 Å². The van der Waals surface area contributed by atoms with Gasteiger partial charge in [-0.15, -0.1) is 0 Å². The van der Waals surface area contributed by atoms with Crippen molar-refractivity contribution in [3.05, 3.63) is 35.1 Å². The minimum Gasteiger partial charge on any atom is -0.207 e. The Balaban J connectivity index is 1.44. The molecule has 28 heavy (non-hydrogen) atoms. The van der Waals surface area contributed by atoms with Gasteiger partial charge in [-0.25, -0.2) is 4.39 Å². The maximum Gasteiger partial charge on any atom is 0.127 e. The molecule has 0 radical (unpaired) electrons. The van der Waals surface area contributed by atoms with Crippen molar-refractivity contribution in [3.8, 4) is 11.8 Å². The summed E-state index contributed by atoms with van der Waals surface area (Å²) in [7, 11) is 0. The lowest BCUT2D eigenvalue weighted by Gasteiger charge is -2.37. The second-order valence-electron chi connectivity index (χ2n) is 9.36. The molecular formula is C27H39F. The number of aryl methyl sites for hydroxylation is 1. The number of hydrogen-bond donors (Lipinski definition) is 0. The Morgan fingerprint density at radius 2 is 1.57 bits per heavy atom. The van der Waals surface area contributed by atoms with Gasteiger partial charge in [-0.3, -0.25) is 0 Å². The van der Waals surface area contributed by atoms with Gasteiger partial charge in [0.2, 0.25) is 0 Å². The maximum absolute atomic E-state index is 14.1. The molecule has 0 unspecified atom stereocenters. The summed E-state index contributed by atoms with van der Waals surface area (Å²) in [4.78, 5) is 0. The van der Waals surface area contributed by atoms with E-state index in [1.165, 1.54) is 70.6 Å². The number of rotatable bonds is 6. The Kier molecular flexibility index (Phi) is 8.44. The number of unbranched alkanes of at least 4 members (excludes halogenated alkanes) is 1. The van der Waals surface area contributed by atoms with Crippen LogP contribution in [-0.2, 0) is 6.42 Å².